The van der Waals surface area contributed by atoms with Gasteiger partial charge in [-0.15, -0.1) is 11.3 Å². The van der Waals surface area contributed by atoms with Crippen LogP contribution in [-0.4, -0.2) is 4.57 Å². The highest BCUT2D eigenvalue weighted by atomic mass is 32.1. The van der Waals surface area contributed by atoms with Crippen LogP contribution in [-0.2, 0) is 4.57 Å². The van der Waals surface area contributed by atoms with Gasteiger partial charge in [0.15, 0.2) is 7.14 Å². The van der Waals surface area contributed by atoms with Gasteiger partial charge in [-0.1, -0.05) is 146 Å². The van der Waals surface area contributed by atoms with Crippen molar-refractivity contribution in [2.45, 2.75) is 0 Å². The molecule has 0 spiro atoms. The van der Waals surface area contributed by atoms with Crippen LogP contribution in [0.15, 0.2) is 212 Å². The van der Waals surface area contributed by atoms with Crippen LogP contribution in [0.25, 0.3) is 69.9 Å². The molecule has 1 unspecified atom stereocenters. The average molecular weight is 791 g/mol. The Morgan fingerprint density at radius 2 is 1.03 bits per heavy atom. The largest absolute Gasteiger partial charge is 0.310 e. The highest BCUT2D eigenvalue weighted by Gasteiger charge is 2.41. The van der Waals surface area contributed by atoms with Gasteiger partial charge in [0.1, 0.15) is 0 Å². The zero-order valence-corrected chi connectivity index (χ0v) is 33.6. The van der Waals surface area contributed by atoms with E-state index in [0.29, 0.717) is 0 Å². The van der Waals surface area contributed by atoms with Gasteiger partial charge in [-0.05, 0) is 83.4 Å². The fourth-order valence-electron chi connectivity index (χ4n) is 9.33. The van der Waals surface area contributed by atoms with Crippen LogP contribution in [0.3, 0.4) is 0 Å². The predicted octanol–water partition coefficient (Wildman–Crippen LogP) is 13.9. The average Bonchev–Trinajstić information content (AvgIpc) is 3.93. The summed E-state index contributed by atoms with van der Waals surface area (Å²) in [7, 11) is -3.09. The molecule has 278 valence electrons. The van der Waals surface area contributed by atoms with Crippen LogP contribution in [0.2, 0.25) is 0 Å². The molecule has 0 amide bonds. The van der Waals surface area contributed by atoms with Gasteiger partial charge in [0.2, 0.25) is 0 Å². The number of fused-ring (bicyclic) bond motifs is 10. The molecule has 0 aliphatic carbocycles. The first-order valence-electron chi connectivity index (χ1n) is 19.9. The lowest BCUT2D eigenvalue weighted by molar-refractivity contribution is 0.593. The van der Waals surface area contributed by atoms with Gasteiger partial charge in [0, 0.05) is 75.2 Å². The summed E-state index contributed by atoms with van der Waals surface area (Å²) in [6, 6.07) is 75.1. The third-order valence-corrected chi connectivity index (χ3v) is 16.3. The first-order valence-corrected chi connectivity index (χ1v) is 22.5. The number of benzene rings is 9. The maximum absolute atomic E-state index is 15.5. The quantitative estimate of drug-likeness (QED) is 0.157. The maximum atomic E-state index is 15.5. The minimum absolute atomic E-state index is 0.868. The molecular weight excluding hydrogens is 756 g/mol. The van der Waals surface area contributed by atoms with E-state index in [1.165, 1.54) is 25.6 Å². The molecule has 1 atom stereocenters. The molecule has 1 aliphatic rings. The molecule has 3 heterocycles. The van der Waals surface area contributed by atoms with Gasteiger partial charge in [-0.25, -0.2) is 0 Å². The van der Waals surface area contributed by atoms with Crippen LogP contribution in [0.1, 0.15) is 0 Å². The van der Waals surface area contributed by atoms with Crippen LogP contribution in [0.5, 0.6) is 0 Å². The molecule has 0 fully saturated rings. The van der Waals surface area contributed by atoms with Crippen molar-refractivity contribution < 1.29 is 4.57 Å². The highest BCUT2D eigenvalue weighted by molar-refractivity contribution is 7.86. The molecule has 0 N–H and O–H groups in total. The van der Waals surface area contributed by atoms with Gasteiger partial charge < -0.3 is 14.0 Å². The Morgan fingerprint density at radius 1 is 0.441 bits per heavy atom. The molecule has 12 rings (SSSR count). The Hall–Kier alpha value is -6.97. The summed E-state index contributed by atoms with van der Waals surface area (Å²) in [6.07, 6.45) is 0. The normalized spacial score (nSPS) is 14.6. The van der Waals surface area contributed by atoms with Crippen molar-refractivity contribution in [2.75, 3.05) is 4.90 Å². The maximum Gasteiger partial charge on any atom is 0.172 e. The number of rotatable bonds is 6. The number of para-hydroxylation sites is 2. The summed E-state index contributed by atoms with van der Waals surface area (Å²) in [5, 5.41) is 7.63. The van der Waals surface area contributed by atoms with Crippen molar-refractivity contribution in [3.05, 3.63) is 212 Å². The summed E-state index contributed by atoms with van der Waals surface area (Å²) in [6.45, 7) is 0. The molecule has 11 aromatic rings. The number of nitrogens with zero attached hydrogens (tertiary/aromatic N) is 2. The van der Waals surface area contributed by atoms with E-state index in [1.54, 1.807) is 0 Å². The lowest BCUT2D eigenvalue weighted by Crippen LogP contribution is -2.20. The fourth-order valence-corrected chi connectivity index (χ4v) is 13.5. The number of anilines is 3. The van der Waals surface area contributed by atoms with Gasteiger partial charge in [-0.2, -0.15) is 0 Å². The molecule has 59 heavy (non-hydrogen) atoms. The van der Waals surface area contributed by atoms with E-state index in [2.05, 4.69) is 185 Å². The van der Waals surface area contributed by atoms with E-state index in [1.807, 2.05) is 47.7 Å². The Labute approximate surface area is 346 Å². The molecule has 5 heteroatoms. The first-order chi connectivity index (χ1) is 29.1. The Bertz CT molecular complexity index is 3460. The fraction of sp³-hybridized carbons (Fsp3) is 0. The topological polar surface area (TPSA) is 25.2 Å². The second-order valence-electron chi connectivity index (χ2n) is 15.2. The second-order valence-corrected chi connectivity index (χ2v) is 19.0. The number of hydrogen-bond donors (Lipinski definition) is 0. The van der Waals surface area contributed by atoms with E-state index in [9.17, 15) is 0 Å². The summed E-state index contributed by atoms with van der Waals surface area (Å²) in [4.78, 5) is 2.34. The minimum Gasteiger partial charge on any atom is -0.310 e. The first kappa shape index (κ1) is 34.1. The van der Waals surface area contributed by atoms with Crippen molar-refractivity contribution in [1.82, 2.24) is 4.57 Å². The molecule has 0 saturated heterocycles. The molecule has 0 radical (unpaired) electrons. The summed E-state index contributed by atoms with van der Waals surface area (Å²) < 4.78 is 20.4. The van der Waals surface area contributed by atoms with Gasteiger partial charge in [0.05, 0.1) is 11.0 Å². The van der Waals surface area contributed by atoms with Crippen molar-refractivity contribution in [3.63, 3.8) is 0 Å². The van der Waals surface area contributed by atoms with Crippen molar-refractivity contribution in [3.8, 4) is 27.9 Å². The smallest absolute Gasteiger partial charge is 0.172 e. The zero-order chi connectivity index (χ0) is 39.1. The van der Waals surface area contributed by atoms with E-state index < -0.39 is 7.14 Å². The van der Waals surface area contributed by atoms with Gasteiger partial charge in [-0.3, -0.25) is 0 Å². The van der Waals surface area contributed by atoms with Crippen molar-refractivity contribution in [2.24, 2.45) is 0 Å². The number of hydrogen-bond acceptors (Lipinski definition) is 3. The second kappa shape index (κ2) is 13.3. The SMILES string of the molecule is O=P1(c2ccccc2)c2ccccc2-c2c1ccc1c3ccccc3n(-c3ccc(-c4ccc(N(c5ccccc5)c5ccc6c(c5)sc5ccccc56)cc4)cc3)c21. The van der Waals surface area contributed by atoms with Crippen LogP contribution < -0.4 is 20.8 Å². The van der Waals surface area contributed by atoms with Gasteiger partial charge in [0.25, 0.3) is 0 Å². The van der Waals surface area contributed by atoms with E-state index in [4.69, 9.17) is 0 Å². The molecule has 2 aromatic heterocycles. The molecular formula is C54H35N2OPS. The van der Waals surface area contributed by atoms with Crippen molar-refractivity contribution in [1.29, 1.82) is 0 Å². The minimum atomic E-state index is -3.09. The van der Waals surface area contributed by atoms with Crippen molar-refractivity contribution >= 4 is 93.4 Å². The van der Waals surface area contributed by atoms with Crippen LogP contribution >= 0.6 is 18.5 Å². The standard InChI is InChI=1S/C54H35N2OPS/c57-58(42-15-5-2-6-16-42)49-21-11-8-19-47(49)53-50(58)34-33-46-43-17-7-10-20-48(43)56(54(46)53)40-29-25-37(26-30-40)36-23-27-39(28-24-36)55(38-13-3-1-4-14-38)41-31-32-45-44-18-9-12-22-51(44)59-52(45)35-41/h1-35H. The van der Waals surface area contributed by atoms with Gasteiger partial charge >= 0.3 is 0 Å². The van der Waals surface area contributed by atoms with E-state index >= 15 is 4.57 Å². The summed E-state index contributed by atoms with van der Waals surface area (Å²) >= 11 is 1.85. The molecule has 0 saturated carbocycles. The van der Waals surface area contributed by atoms with Crippen LogP contribution in [0, 0.1) is 0 Å². The third-order valence-electron chi connectivity index (χ3n) is 12.0. The molecule has 0 bridgehead atoms. The molecule has 9 aromatic carbocycles. The van der Waals surface area contributed by atoms with E-state index in [-0.39, 0.29) is 0 Å². The zero-order valence-electron chi connectivity index (χ0n) is 31.9. The lowest BCUT2D eigenvalue weighted by atomic mass is 10.0. The van der Waals surface area contributed by atoms with Crippen LogP contribution in [0.4, 0.5) is 17.1 Å². The molecule has 1 aliphatic heterocycles. The van der Waals surface area contributed by atoms with E-state index in [0.717, 1.165) is 77.3 Å². The third kappa shape index (κ3) is 5.17. The Kier molecular flexibility index (Phi) is 7.68. The molecule has 3 nitrogen and oxygen atoms in total. The monoisotopic (exact) mass is 790 g/mol. The summed E-state index contributed by atoms with van der Waals surface area (Å²) in [5.41, 5.74) is 11.0. The Balaban J connectivity index is 0.954. The summed E-state index contributed by atoms with van der Waals surface area (Å²) in [5.74, 6) is 0. The number of aromatic nitrogens is 1. The highest BCUT2D eigenvalue weighted by Crippen LogP contribution is 2.55. The number of thiophene rings is 1. The Morgan fingerprint density at radius 3 is 1.83 bits per heavy atom. The lowest BCUT2D eigenvalue weighted by Gasteiger charge is -2.25. The predicted molar refractivity (Wildman–Crippen MR) is 252 cm³/mol.